The van der Waals surface area contributed by atoms with E-state index in [1.54, 1.807) is 0 Å². The van der Waals surface area contributed by atoms with Gasteiger partial charge in [0.2, 0.25) is 0 Å². The number of esters is 1. The third-order valence-electron chi connectivity index (χ3n) is 9.97. The van der Waals surface area contributed by atoms with E-state index in [0.29, 0.717) is 50.1 Å². The number of ether oxygens (including phenoxy) is 5. The highest BCUT2D eigenvalue weighted by Gasteiger charge is 2.66. The summed E-state index contributed by atoms with van der Waals surface area (Å²) in [7, 11) is 0. The van der Waals surface area contributed by atoms with Gasteiger partial charge in [0.15, 0.2) is 11.4 Å². The van der Waals surface area contributed by atoms with Crippen molar-refractivity contribution in [2.24, 2.45) is 29.1 Å². The number of terminal acetylenes is 1. The molecule has 0 N–H and O–H groups in total. The average molecular weight is 461 g/mol. The standard InChI is InChI=1S/C27H40O6/c1-5-26-11-9-19-20(22(26)10-12-27(26,6-2)33-18(3)28)7-8-23-21(19)17-24-25(4,31-15-13-29-23)32-16-14-30-24/h2,19-24H,5,7-17H2,1,3-4H3/t19-,20+,21+,22-,23?,24?,25?,26-,27-/m0/s1. The molecule has 9 atom stereocenters. The van der Waals surface area contributed by atoms with Crippen molar-refractivity contribution in [3.63, 3.8) is 0 Å². The summed E-state index contributed by atoms with van der Waals surface area (Å²) >= 11 is 0. The van der Waals surface area contributed by atoms with Crippen molar-refractivity contribution in [1.82, 2.24) is 0 Å². The summed E-state index contributed by atoms with van der Waals surface area (Å²) in [5, 5.41) is 0. The normalized spacial score (nSPS) is 49.6. The highest BCUT2D eigenvalue weighted by atomic mass is 16.7. The van der Waals surface area contributed by atoms with Crippen molar-refractivity contribution in [1.29, 1.82) is 0 Å². The van der Waals surface area contributed by atoms with Crippen LogP contribution in [0, 0.1) is 41.4 Å². The quantitative estimate of drug-likeness (QED) is 0.457. The zero-order valence-corrected chi connectivity index (χ0v) is 20.5. The van der Waals surface area contributed by atoms with E-state index >= 15 is 0 Å². The molecular formula is C27H40O6. The second-order valence-electron chi connectivity index (χ2n) is 11.0. The third-order valence-corrected chi connectivity index (χ3v) is 9.97. The van der Waals surface area contributed by atoms with E-state index in [9.17, 15) is 4.79 Å². The highest BCUT2D eigenvalue weighted by Crippen LogP contribution is 2.66. The van der Waals surface area contributed by atoms with Crippen LogP contribution in [0.4, 0.5) is 0 Å². The minimum atomic E-state index is -0.762. The van der Waals surface area contributed by atoms with Crippen LogP contribution in [0.5, 0.6) is 0 Å². The summed E-state index contributed by atoms with van der Waals surface area (Å²) in [4.78, 5) is 12.1. The van der Waals surface area contributed by atoms with Crippen LogP contribution in [0.25, 0.3) is 0 Å². The molecule has 3 aliphatic carbocycles. The summed E-state index contributed by atoms with van der Waals surface area (Å²) in [5.41, 5.74) is -0.884. The predicted molar refractivity (Wildman–Crippen MR) is 122 cm³/mol. The molecule has 0 aromatic heterocycles. The summed E-state index contributed by atoms with van der Waals surface area (Å²) in [6, 6.07) is 0. The van der Waals surface area contributed by atoms with Gasteiger partial charge in [-0.25, -0.2) is 0 Å². The van der Waals surface area contributed by atoms with Crippen molar-refractivity contribution in [2.45, 2.75) is 95.7 Å². The van der Waals surface area contributed by atoms with Crippen molar-refractivity contribution in [2.75, 3.05) is 26.4 Å². The Morgan fingerprint density at radius 1 is 1.00 bits per heavy atom. The first-order chi connectivity index (χ1) is 15.9. The molecule has 5 aliphatic rings. The minimum absolute atomic E-state index is 0.0773. The maximum atomic E-state index is 12.1. The lowest BCUT2D eigenvalue weighted by Crippen LogP contribution is -2.57. The molecule has 184 valence electrons. The zero-order chi connectivity index (χ0) is 23.3. The lowest BCUT2D eigenvalue weighted by Gasteiger charge is -2.57. The van der Waals surface area contributed by atoms with Crippen molar-refractivity contribution < 1.29 is 28.5 Å². The monoisotopic (exact) mass is 460 g/mol. The molecule has 0 aromatic rings. The molecule has 2 aliphatic heterocycles. The van der Waals surface area contributed by atoms with E-state index in [2.05, 4.69) is 12.8 Å². The molecule has 0 amide bonds. The Kier molecular flexibility index (Phi) is 6.31. The molecule has 6 heteroatoms. The molecule has 5 rings (SSSR count). The Labute approximate surface area is 198 Å². The number of carbonyl (C=O) groups excluding carboxylic acids is 1. The van der Waals surface area contributed by atoms with Crippen molar-refractivity contribution >= 4 is 5.97 Å². The fourth-order valence-corrected chi connectivity index (χ4v) is 8.61. The van der Waals surface area contributed by atoms with E-state index < -0.39 is 11.4 Å². The van der Waals surface area contributed by atoms with Gasteiger partial charge in [-0.3, -0.25) is 4.79 Å². The highest BCUT2D eigenvalue weighted by molar-refractivity contribution is 5.67. The topological polar surface area (TPSA) is 63.2 Å². The van der Waals surface area contributed by atoms with E-state index in [1.165, 1.54) is 6.92 Å². The molecular weight excluding hydrogens is 420 g/mol. The van der Waals surface area contributed by atoms with Crippen LogP contribution < -0.4 is 0 Å². The largest absolute Gasteiger partial charge is 0.445 e. The van der Waals surface area contributed by atoms with Gasteiger partial charge in [0.05, 0.1) is 32.5 Å². The number of rotatable bonds is 2. The molecule has 0 aromatic carbocycles. The third kappa shape index (κ3) is 3.66. The van der Waals surface area contributed by atoms with Gasteiger partial charge in [0, 0.05) is 12.3 Å². The first kappa shape index (κ1) is 23.6. The zero-order valence-electron chi connectivity index (χ0n) is 20.5. The molecule has 2 saturated heterocycles. The Morgan fingerprint density at radius 3 is 2.45 bits per heavy atom. The molecule has 3 saturated carbocycles. The Morgan fingerprint density at radius 2 is 1.76 bits per heavy atom. The van der Waals surface area contributed by atoms with Crippen LogP contribution in [0.15, 0.2) is 0 Å². The fraction of sp³-hybridized carbons (Fsp3) is 0.889. The van der Waals surface area contributed by atoms with E-state index in [0.717, 1.165) is 51.4 Å². The first-order valence-corrected chi connectivity index (χ1v) is 13.1. The van der Waals surface area contributed by atoms with Gasteiger partial charge in [-0.2, -0.15) is 0 Å². The molecule has 6 nitrogen and oxygen atoms in total. The number of hydrogen-bond donors (Lipinski definition) is 0. The van der Waals surface area contributed by atoms with Crippen LogP contribution >= 0.6 is 0 Å². The second-order valence-corrected chi connectivity index (χ2v) is 11.0. The molecule has 5 fully saturated rings. The van der Waals surface area contributed by atoms with Gasteiger partial charge < -0.3 is 23.7 Å². The lowest BCUT2D eigenvalue weighted by molar-refractivity contribution is -0.318. The van der Waals surface area contributed by atoms with E-state index in [4.69, 9.17) is 30.1 Å². The molecule has 33 heavy (non-hydrogen) atoms. The van der Waals surface area contributed by atoms with E-state index in [-0.39, 0.29) is 23.6 Å². The van der Waals surface area contributed by atoms with Crippen molar-refractivity contribution in [3.8, 4) is 12.3 Å². The van der Waals surface area contributed by atoms with Crippen LogP contribution in [0.2, 0.25) is 0 Å². The molecule has 0 radical (unpaired) electrons. The lowest BCUT2D eigenvalue weighted by atomic mass is 9.50. The number of fused-ring (bicyclic) bond motifs is 6. The minimum Gasteiger partial charge on any atom is -0.445 e. The first-order valence-electron chi connectivity index (χ1n) is 13.1. The summed E-state index contributed by atoms with van der Waals surface area (Å²) in [6.45, 7) is 8.06. The average Bonchev–Trinajstić information content (AvgIpc) is 3.16. The molecule has 0 spiro atoms. The van der Waals surface area contributed by atoms with Crippen LogP contribution in [-0.4, -0.2) is 56.0 Å². The molecule has 3 unspecified atom stereocenters. The van der Waals surface area contributed by atoms with Gasteiger partial charge in [-0.05, 0) is 82.0 Å². The maximum Gasteiger partial charge on any atom is 0.304 e. The van der Waals surface area contributed by atoms with Gasteiger partial charge in [-0.1, -0.05) is 12.8 Å². The molecule has 2 heterocycles. The smallest absolute Gasteiger partial charge is 0.304 e. The Hall–Kier alpha value is -1.13. The van der Waals surface area contributed by atoms with Crippen LogP contribution in [0.3, 0.4) is 0 Å². The summed E-state index contributed by atoms with van der Waals surface area (Å²) in [5.74, 6) is 4.08. The van der Waals surface area contributed by atoms with E-state index in [1.807, 2.05) is 6.92 Å². The number of hydrogen-bond acceptors (Lipinski definition) is 6. The van der Waals surface area contributed by atoms with Crippen LogP contribution in [0.1, 0.15) is 72.1 Å². The summed E-state index contributed by atoms with van der Waals surface area (Å²) in [6.07, 6.45) is 14.3. The fourth-order valence-electron chi connectivity index (χ4n) is 8.61. The summed E-state index contributed by atoms with van der Waals surface area (Å²) < 4.78 is 30.8. The number of carbonyl (C=O) groups is 1. The van der Waals surface area contributed by atoms with Crippen molar-refractivity contribution in [3.05, 3.63) is 0 Å². The Bertz CT molecular complexity index is 792. The Balaban J connectivity index is 1.44. The SMILES string of the molecule is C#C[C@]1(OC(C)=O)CC[C@H]2[C@@H]3CCC4OCCOC5(C)OCCOC5C[C@@H]4[C@H]3CC[C@@]21CC. The van der Waals surface area contributed by atoms with Gasteiger partial charge in [-0.15, -0.1) is 6.42 Å². The second kappa shape index (κ2) is 8.82. The molecule has 0 bridgehead atoms. The van der Waals surface area contributed by atoms with Gasteiger partial charge in [0.25, 0.3) is 0 Å². The van der Waals surface area contributed by atoms with Gasteiger partial charge in [0.1, 0.15) is 6.10 Å². The van der Waals surface area contributed by atoms with Gasteiger partial charge >= 0.3 is 5.97 Å². The predicted octanol–water partition coefficient (Wildman–Crippen LogP) is 4.10. The van der Waals surface area contributed by atoms with Crippen LogP contribution in [-0.2, 0) is 28.5 Å². The maximum absolute atomic E-state index is 12.1.